The molecule has 3 heterocycles. The fraction of sp³-hybridized carbons (Fsp3) is 0. The first-order valence-corrected chi connectivity index (χ1v) is 12.5. The Morgan fingerprint density at radius 1 is 0.500 bits per heavy atom. The van der Waals surface area contributed by atoms with Crippen molar-refractivity contribution in [2.45, 2.75) is 4.90 Å². The van der Waals surface area contributed by atoms with Gasteiger partial charge in [-0.1, -0.05) is 60.7 Å². The van der Waals surface area contributed by atoms with Gasteiger partial charge in [0, 0.05) is 10.8 Å². The van der Waals surface area contributed by atoms with Gasteiger partial charge in [0.1, 0.15) is 0 Å². The van der Waals surface area contributed by atoms with Crippen LogP contribution in [-0.4, -0.2) is 12.7 Å². The van der Waals surface area contributed by atoms with E-state index in [-0.39, 0.29) is 0 Å². The normalized spacial score (nSPS) is 14.9. The van der Waals surface area contributed by atoms with E-state index in [1.54, 1.807) is 0 Å². The number of aromatic nitrogens is 2. The predicted molar refractivity (Wildman–Crippen MR) is 141 cm³/mol. The number of benzene rings is 5. The zero-order valence-electron chi connectivity index (χ0n) is 18.1. The molecule has 5 aromatic carbocycles. The molecule has 8 rings (SSSR count). The molecule has 0 radical (unpaired) electrons. The molecule has 0 N–H and O–H groups in total. The monoisotopic (exact) mass is 454 g/mol. The standard InChI is InChI=1S/C30H18N2OS/c33-34-30-12-6-5-11-25(30)31-26-15-21-9-3-1-7-19(21)13-23(26)17-28(31)29-18-24-14-20-8-2-4-10-22(20)16-27(24)32(29)34/h1-18H. The van der Waals surface area contributed by atoms with Crippen LogP contribution in [0.5, 0.6) is 0 Å². The smallest absolute Gasteiger partial charge is 0.159 e. The topological polar surface area (TPSA) is 26.9 Å². The summed E-state index contributed by atoms with van der Waals surface area (Å²) in [7, 11) is -1.37. The van der Waals surface area contributed by atoms with Crippen molar-refractivity contribution in [1.29, 1.82) is 0 Å². The highest BCUT2D eigenvalue weighted by Gasteiger charge is 2.28. The van der Waals surface area contributed by atoms with Crippen LogP contribution in [0.2, 0.25) is 0 Å². The highest BCUT2D eigenvalue weighted by atomic mass is 32.2. The van der Waals surface area contributed by atoms with Crippen molar-refractivity contribution in [3.05, 3.63) is 109 Å². The van der Waals surface area contributed by atoms with E-state index in [4.69, 9.17) is 0 Å². The number of para-hydroxylation sites is 1. The molecular formula is C30H18N2OS. The summed E-state index contributed by atoms with van der Waals surface area (Å²) >= 11 is 0. The molecule has 1 aliphatic rings. The van der Waals surface area contributed by atoms with Gasteiger partial charge in [-0.15, -0.1) is 0 Å². The Hall–Kier alpha value is -4.15. The van der Waals surface area contributed by atoms with Gasteiger partial charge in [-0.3, -0.25) is 3.97 Å². The summed E-state index contributed by atoms with van der Waals surface area (Å²) in [6.07, 6.45) is 0. The number of rotatable bonds is 0. The maximum Gasteiger partial charge on any atom is 0.159 e. The molecule has 3 nitrogen and oxygen atoms in total. The fourth-order valence-electron chi connectivity index (χ4n) is 5.46. The van der Waals surface area contributed by atoms with Crippen molar-refractivity contribution in [3.63, 3.8) is 0 Å². The van der Waals surface area contributed by atoms with Gasteiger partial charge in [0.2, 0.25) is 0 Å². The lowest BCUT2D eigenvalue weighted by Crippen LogP contribution is -2.05. The second-order valence-corrected chi connectivity index (χ2v) is 10.2. The maximum atomic E-state index is 14.1. The molecular weight excluding hydrogens is 436 g/mol. The van der Waals surface area contributed by atoms with Crippen LogP contribution in [0.15, 0.2) is 114 Å². The van der Waals surface area contributed by atoms with E-state index in [9.17, 15) is 4.21 Å². The van der Waals surface area contributed by atoms with Crippen LogP contribution < -0.4 is 0 Å². The molecule has 7 aromatic rings. The largest absolute Gasteiger partial charge is 0.306 e. The Bertz CT molecular complexity index is 1990. The van der Waals surface area contributed by atoms with E-state index < -0.39 is 11.0 Å². The lowest BCUT2D eigenvalue weighted by molar-refractivity contribution is 0.679. The molecule has 0 aliphatic carbocycles. The first-order chi connectivity index (χ1) is 16.8. The summed E-state index contributed by atoms with van der Waals surface area (Å²) in [6, 6.07) is 38.2. The Kier molecular flexibility index (Phi) is 3.48. The number of hydrogen-bond acceptors (Lipinski definition) is 1. The van der Waals surface area contributed by atoms with Gasteiger partial charge in [-0.05, 0) is 70.1 Å². The van der Waals surface area contributed by atoms with Gasteiger partial charge in [-0.25, -0.2) is 4.21 Å². The quantitative estimate of drug-likeness (QED) is 0.234. The van der Waals surface area contributed by atoms with Crippen LogP contribution in [0.3, 0.4) is 0 Å². The Morgan fingerprint density at radius 3 is 1.74 bits per heavy atom. The lowest BCUT2D eigenvalue weighted by atomic mass is 10.1. The van der Waals surface area contributed by atoms with E-state index in [2.05, 4.69) is 95.6 Å². The van der Waals surface area contributed by atoms with Gasteiger partial charge >= 0.3 is 0 Å². The predicted octanol–water partition coefficient (Wildman–Crippen LogP) is 7.44. The van der Waals surface area contributed by atoms with Crippen molar-refractivity contribution >= 4 is 54.3 Å². The minimum atomic E-state index is -1.37. The molecule has 1 aliphatic heterocycles. The molecule has 0 spiro atoms. The van der Waals surface area contributed by atoms with Gasteiger partial charge in [0.15, 0.2) is 11.0 Å². The molecule has 1 unspecified atom stereocenters. The average molecular weight is 455 g/mol. The van der Waals surface area contributed by atoms with Gasteiger partial charge < -0.3 is 4.57 Å². The van der Waals surface area contributed by atoms with Crippen molar-refractivity contribution in [3.8, 4) is 17.1 Å². The second-order valence-electron chi connectivity index (χ2n) is 8.92. The van der Waals surface area contributed by atoms with Crippen LogP contribution in [-0.2, 0) is 11.0 Å². The first kappa shape index (κ1) is 18.3. The number of hydrogen-bond donors (Lipinski definition) is 0. The molecule has 0 saturated carbocycles. The molecule has 0 saturated heterocycles. The molecule has 1 atom stereocenters. The summed E-state index contributed by atoms with van der Waals surface area (Å²) in [4.78, 5) is 0.818. The zero-order chi connectivity index (χ0) is 22.4. The van der Waals surface area contributed by atoms with Gasteiger partial charge in [0.25, 0.3) is 0 Å². The van der Waals surface area contributed by atoms with Crippen molar-refractivity contribution < 1.29 is 4.21 Å². The van der Waals surface area contributed by atoms with Gasteiger partial charge in [0.05, 0.1) is 33.0 Å². The third-order valence-electron chi connectivity index (χ3n) is 7.02. The average Bonchev–Trinajstić information content (AvgIpc) is 3.40. The molecule has 2 aromatic heterocycles. The summed E-state index contributed by atoms with van der Waals surface area (Å²) in [5.74, 6) is 0. The number of fused-ring (bicyclic) bond motifs is 11. The van der Waals surface area contributed by atoms with E-state index in [0.29, 0.717) is 0 Å². The Morgan fingerprint density at radius 2 is 1.03 bits per heavy atom. The number of nitrogens with zero attached hydrogens (tertiary/aromatic N) is 2. The van der Waals surface area contributed by atoms with Crippen molar-refractivity contribution in [1.82, 2.24) is 8.54 Å². The van der Waals surface area contributed by atoms with Crippen LogP contribution in [0.25, 0.3) is 60.4 Å². The van der Waals surface area contributed by atoms with Gasteiger partial charge in [-0.2, -0.15) is 0 Å². The fourth-order valence-corrected chi connectivity index (χ4v) is 6.85. The summed E-state index contributed by atoms with van der Waals surface area (Å²) in [5, 5.41) is 7.04. The van der Waals surface area contributed by atoms with Crippen LogP contribution in [0.1, 0.15) is 0 Å². The molecule has 4 heteroatoms. The molecule has 0 bridgehead atoms. The summed E-state index contributed by atoms with van der Waals surface area (Å²) in [5.41, 5.74) is 5.12. The highest BCUT2D eigenvalue weighted by molar-refractivity contribution is 7.84. The minimum absolute atomic E-state index is 0.818. The summed E-state index contributed by atoms with van der Waals surface area (Å²) < 4.78 is 18.4. The lowest BCUT2D eigenvalue weighted by Gasteiger charge is -2.11. The SMILES string of the molecule is O=S1c2ccccc2-n2c(cc3cc4ccccc4cc32)-c2cc3cc4ccccc4cc3n21. The third kappa shape index (κ3) is 2.33. The molecule has 0 amide bonds. The van der Waals surface area contributed by atoms with Crippen molar-refractivity contribution in [2.75, 3.05) is 0 Å². The van der Waals surface area contributed by atoms with Crippen LogP contribution in [0, 0.1) is 0 Å². The Labute approximate surface area is 198 Å². The van der Waals surface area contributed by atoms with E-state index in [0.717, 1.165) is 43.8 Å². The zero-order valence-corrected chi connectivity index (χ0v) is 18.9. The Balaban J connectivity index is 1.57. The summed E-state index contributed by atoms with van der Waals surface area (Å²) in [6.45, 7) is 0. The first-order valence-electron chi connectivity index (χ1n) is 11.4. The van der Waals surface area contributed by atoms with Crippen LogP contribution in [0.4, 0.5) is 0 Å². The molecule has 160 valence electrons. The third-order valence-corrected chi connectivity index (χ3v) is 8.46. The minimum Gasteiger partial charge on any atom is -0.306 e. The van der Waals surface area contributed by atoms with E-state index in [1.807, 2.05) is 22.2 Å². The van der Waals surface area contributed by atoms with E-state index >= 15 is 0 Å². The molecule has 34 heavy (non-hydrogen) atoms. The van der Waals surface area contributed by atoms with E-state index in [1.165, 1.54) is 21.5 Å². The van der Waals surface area contributed by atoms with Crippen molar-refractivity contribution in [2.24, 2.45) is 0 Å². The maximum absolute atomic E-state index is 14.1. The molecule has 0 fully saturated rings. The van der Waals surface area contributed by atoms with Crippen LogP contribution >= 0.6 is 0 Å². The second kappa shape index (κ2) is 6.46. The highest BCUT2D eigenvalue weighted by Crippen LogP contribution is 2.42.